The summed E-state index contributed by atoms with van der Waals surface area (Å²) in [6.45, 7) is 3.05. The molecule has 1 aliphatic heterocycles. The third-order valence-corrected chi connectivity index (χ3v) is 4.91. The molecule has 134 valence electrons. The molecule has 1 aromatic carbocycles. The van der Waals surface area contributed by atoms with Crippen molar-refractivity contribution in [3.8, 4) is 5.75 Å². The van der Waals surface area contributed by atoms with Crippen LogP contribution in [0.5, 0.6) is 5.75 Å². The summed E-state index contributed by atoms with van der Waals surface area (Å²) < 4.78 is 31.4. The summed E-state index contributed by atoms with van der Waals surface area (Å²) in [6, 6.07) is 3.55. The summed E-state index contributed by atoms with van der Waals surface area (Å²) in [5.74, 6) is -0.540. The van der Waals surface area contributed by atoms with Gasteiger partial charge in [-0.15, -0.1) is 24.0 Å². The van der Waals surface area contributed by atoms with Crippen LogP contribution in [0.25, 0.3) is 0 Å². The molecule has 0 aromatic heterocycles. The molecular weight excluding hydrogens is 427 g/mol. The number of rotatable bonds is 4. The minimum Gasteiger partial charge on any atom is -0.492 e. The molecule has 1 spiro atoms. The summed E-state index contributed by atoms with van der Waals surface area (Å²) in [4.78, 5) is 6.63. The maximum absolute atomic E-state index is 13.1. The fraction of sp³-hybridized carbons (Fsp3) is 0.588. The maximum Gasteiger partial charge on any atom is 0.193 e. The second-order valence-corrected chi connectivity index (χ2v) is 6.42. The number of nitrogens with zero attached hydrogens (tertiary/aromatic N) is 2. The molecule has 2 aliphatic rings. The van der Waals surface area contributed by atoms with Gasteiger partial charge in [0.15, 0.2) is 17.6 Å². The average molecular weight is 451 g/mol. The van der Waals surface area contributed by atoms with Gasteiger partial charge in [-0.3, -0.25) is 4.99 Å². The van der Waals surface area contributed by atoms with Crippen molar-refractivity contribution in [3.05, 3.63) is 29.8 Å². The first-order chi connectivity index (χ1) is 11.1. The Hall–Kier alpha value is -1.12. The van der Waals surface area contributed by atoms with Crippen molar-refractivity contribution in [1.82, 2.24) is 10.2 Å². The number of ether oxygens (including phenoxy) is 1. The number of benzene rings is 1. The number of nitrogens with one attached hydrogen (secondary N) is 1. The minimum absolute atomic E-state index is 0. The van der Waals surface area contributed by atoms with Gasteiger partial charge in [-0.2, -0.15) is 0 Å². The fourth-order valence-electron chi connectivity index (χ4n) is 3.43. The van der Waals surface area contributed by atoms with Crippen molar-refractivity contribution in [3.63, 3.8) is 0 Å². The molecule has 0 radical (unpaired) electrons. The smallest absolute Gasteiger partial charge is 0.193 e. The van der Waals surface area contributed by atoms with Crippen LogP contribution in [-0.2, 0) is 0 Å². The number of likely N-dealkylation sites (tertiary alicyclic amines) is 1. The lowest BCUT2D eigenvalue weighted by Gasteiger charge is -2.38. The Labute approximate surface area is 158 Å². The van der Waals surface area contributed by atoms with Crippen LogP contribution >= 0.6 is 24.0 Å². The second kappa shape index (κ2) is 8.31. The SMILES string of the molecule is CN=C(NCCOc1ccc(F)c(F)c1)N1CCC2(CCC2)C1.I. The standard InChI is InChI=1S/C17H23F2N3O.HI/c1-20-16(22-9-7-17(12-22)5-2-6-17)21-8-10-23-13-3-4-14(18)15(19)11-13;/h3-4,11H,2,5-10,12H2,1H3,(H,20,21);1H. The Morgan fingerprint density at radius 3 is 2.67 bits per heavy atom. The molecule has 1 N–H and O–H groups in total. The summed E-state index contributed by atoms with van der Waals surface area (Å²) >= 11 is 0. The lowest BCUT2D eigenvalue weighted by atomic mass is 9.68. The second-order valence-electron chi connectivity index (χ2n) is 6.42. The molecule has 2 fully saturated rings. The molecule has 1 aliphatic carbocycles. The molecule has 0 bridgehead atoms. The topological polar surface area (TPSA) is 36.9 Å². The Morgan fingerprint density at radius 1 is 1.29 bits per heavy atom. The van der Waals surface area contributed by atoms with E-state index in [2.05, 4.69) is 15.2 Å². The predicted molar refractivity (Wildman–Crippen MR) is 101 cm³/mol. The van der Waals surface area contributed by atoms with E-state index in [4.69, 9.17) is 4.74 Å². The highest BCUT2D eigenvalue weighted by atomic mass is 127. The van der Waals surface area contributed by atoms with Gasteiger partial charge in [0.05, 0.1) is 6.54 Å². The van der Waals surface area contributed by atoms with Crippen molar-refractivity contribution in [2.45, 2.75) is 25.7 Å². The van der Waals surface area contributed by atoms with E-state index in [1.54, 1.807) is 7.05 Å². The van der Waals surface area contributed by atoms with E-state index in [1.165, 1.54) is 31.7 Å². The summed E-state index contributed by atoms with van der Waals surface area (Å²) in [7, 11) is 1.78. The minimum atomic E-state index is -0.894. The molecule has 1 heterocycles. The highest BCUT2D eigenvalue weighted by Crippen LogP contribution is 2.47. The van der Waals surface area contributed by atoms with Crippen molar-refractivity contribution in [2.75, 3.05) is 33.3 Å². The van der Waals surface area contributed by atoms with Gasteiger partial charge in [-0.1, -0.05) is 6.42 Å². The van der Waals surface area contributed by atoms with Gasteiger partial charge in [-0.25, -0.2) is 8.78 Å². The summed E-state index contributed by atoms with van der Waals surface area (Å²) in [6.07, 6.45) is 5.26. The molecule has 4 nitrogen and oxygen atoms in total. The molecular formula is C17H24F2IN3O. The van der Waals surface area contributed by atoms with Crippen LogP contribution < -0.4 is 10.1 Å². The molecule has 1 saturated heterocycles. The van der Waals surface area contributed by atoms with E-state index in [1.807, 2.05) is 0 Å². The van der Waals surface area contributed by atoms with E-state index in [-0.39, 0.29) is 24.0 Å². The molecule has 1 aromatic rings. The first kappa shape index (κ1) is 19.2. The highest BCUT2D eigenvalue weighted by Gasteiger charge is 2.43. The number of halogens is 3. The van der Waals surface area contributed by atoms with Gasteiger partial charge in [0, 0.05) is 26.2 Å². The first-order valence-electron chi connectivity index (χ1n) is 8.15. The predicted octanol–water partition coefficient (Wildman–Crippen LogP) is 3.41. The zero-order chi connectivity index (χ0) is 16.3. The molecule has 0 atom stereocenters. The Morgan fingerprint density at radius 2 is 2.08 bits per heavy atom. The van der Waals surface area contributed by atoms with E-state index < -0.39 is 11.6 Å². The zero-order valence-corrected chi connectivity index (χ0v) is 16.2. The van der Waals surface area contributed by atoms with Crippen LogP contribution in [0.3, 0.4) is 0 Å². The fourth-order valence-corrected chi connectivity index (χ4v) is 3.43. The number of hydrogen-bond donors (Lipinski definition) is 1. The lowest BCUT2D eigenvalue weighted by Crippen LogP contribution is -2.43. The Bertz CT molecular complexity index is 593. The molecule has 3 rings (SSSR count). The average Bonchev–Trinajstić information content (AvgIpc) is 2.96. The van der Waals surface area contributed by atoms with E-state index in [0.29, 0.717) is 24.3 Å². The highest BCUT2D eigenvalue weighted by molar-refractivity contribution is 14.0. The van der Waals surface area contributed by atoms with Crippen LogP contribution in [0.2, 0.25) is 0 Å². The van der Waals surface area contributed by atoms with Crippen LogP contribution in [-0.4, -0.2) is 44.1 Å². The normalized spacial score (nSPS) is 19.0. The van der Waals surface area contributed by atoms with Crippen molar-refractivity contribution < 1.29 is 13.5 Å². The Kier molecular flexibility index (Phi) is 6.65. The summed E-state index contributed by atoms with van der Waals surface area (Å²) in [5.41, 5.74) is 0.528. The summed E-state index contributed by atoms with van der Waals surface area (Å²) in [5, 5.41) is 3.28. The van der Waals surface area contributed by atoms with Crippen LogP contribution in [0, 0.1) is 17.0 Å². The maximum atomic E-state index is 13.1. The third kappa shape index (κ3) is 4.29. The number of aliphatic imine (C=N–C) groups is 1. The number of hydrogen-bond acceptors (Lipinski definition) is 2. The molecule has 1 saturated carbocycles. The van der Waals surface area contributed by atoms with Crippen molar-refractivity contribution >= 4 is 29.9 Å². The van der Waals surface area contributed by atoms with Crippen molar-refractivity contribution in [1.29, 1.82) is 0 Å². The largest absolute Gasteiger partial charge is 0.492 e. The molecule has 0 unspecified atom stereocenters. The monoisotopic (exact) mass is 451 g/mol. The molecule has 7 heteroatoms. The lowest BCUT2D eigenvalue weighted by molar-refractivity contribution is 0.151. The van der Waals surface area contributed by atoms with Gasteiger partial charge < -0.3 is 15.0 Å². The Balaban J connectivity index is 0.00000208. The quantitative estimate of drug-likeness (QED) is 0.330. The van der Waals surface area contributed by atoms with E-state index >= 15 is 0 Å². The van der Waals surface area contributed by atoms with Crippen LogP contribution in [0.4, 0.5) is 8.78 Å². The van der Waals surface area contributed by atoms with E-state index in [9.17, 15) is 8.78 Å². The van der Waals surface area contributed by atoms with E-state index in [0.717, 1.165) is 31.2 Å². The van der Waals surface area contributed by atoms with Gasteiger partial charge in [0.25, 0.3) is 0 Å². The molecule has 0 amide bonds. The zero-order valence-electron chi connectivity index (χ0n) is 13.9. The van der Waals surface area contributed by atoms with Gasteiger partial charge >= 0.3 is 0 Å². The third-order valence-electron chi connectivity index (χ3n) is 4.91. The van der Waals surface area contributed by atoms with Crippen LogP contribution in [0.15, 0.2) is 23.2 Å². The first-order valence-corrected chi connectivity index (χ1v) is 8.15. The van der Waals surface area contributed by atoms with Crippen molar-refractivity contribution in [2.24, 2.45) is 10.4 Å². The number of guanidine groups is 1. The van der Waals surface area contributed by atoms with Gasteiger partial charge in [-0.05, 0) is 36.8 Å². The van der Waals surface area contributed by atoms with Gasteiger partial charge in [0.1, 0.15) is 12.4 Å². The van der Waals surface area contributed by atoms with Crippen LogP contribution in [0.1, 0.15) is 25.7 Å². The molecule has 24 heavy (non-hydrogen) atoms. The van der Waals surface area contributed by atoms with Gasteiger partial charge in [0.2, 0.25) is 0 Å².